The van der Waals surface area contributed by atoms with Gasteiger partial charge in [-0.2, -0.15) is 4.99 Å². The SMILES string of the molecule is C=c1cc(C(C)(F)F)c(/C=C\C)c(-c2nccc3/c(=C(/N=C(\C)OC[C@@]45CCCN4C[C@H](C)C5)N4CCOC[C@@](C)(O)C4)c(=C)sc23)/c1=C/NC. The summed E-state index contributed by atoms with van der Waals surface area (Å²) >= 11 is 1.45. The lowest BCUT2D eigenvalue weighted by atomic mass is 9.91. The van der Waals surface area contributed by atoms with Crippen LogP contribution in [0.5, 0.6) is 0 Å². The van der Waals surface area contributed by atoms with Gasteiger partial charge in [0.05, 0.1) is 35.7 Å². The molecule has 0 spiro atoms. The van der Waals surface area contributed by atoms with E-state index in [0.29, 0.717) is 64.7 Å². The van der Waals surface area contributed by atoms with Gasteiger partial charge in [0, 0.05) is 77.9 Å². The number of hydrogen-bond acceptors (Lipinski definition) is 9. The molecule has 3 aliphatic heterocycles. The number of nitrogens with one attached hydrogen (secondary N) is 1. The molecule has 0 amide bonds. The highest BCUT2D eigenvalue weighted by Gasteiger charge is 2.47. The Morgan fingerprint density at radius 1 is 1.33 bits per heavy atom. The molecule has 0 unspecified atom stereocenters. The predicted octanol–water partition coefficient (Wildman–Crippen LogP) is 4.34. The van der Waals surface area contributed by atoms with Gasteiger partial charge in [-0.15, -0.1) is 11.3 Å². The fraction of sp³-hybridized carbons (Fsp3) is 0.500. The Balaban J connectivity index is 1.59. The van der Waals surface area contributed by atoms with Crippen molar-refractivity contribution in [1.82, 2.24) is 20.1 Å². The summed E-state index contributed by atoms with van der Waals surface area (Å²) in [6, 6.07) is 3.38. The van der Waals surface area contributed by atoms with Crippen molar-refractivity contribution in [2.75, 3.05) is 53.0 Å². The fourth-order valence-corrected chi connectivity index (χ4v) is 9.33. The third kappa shape index (κ3) is 7.36. The molecule has 0 saturated carbocycles. The number of aliphatic hydroxyl groups is 1. The number of allylic oxidation sites excluding steroid dienone is 1. The summed E-state index contributed by atoms with van der Waals surface area (Å²) in [6.07, 6.45) is 10.4. The van der Waals surface area contributed by atoms with Crippen LogP contribution in [-0.2, 0) is 15.4 Å². The monoisotopic (exact) mass is 719 g/mol. The van der Waals surface area contributed by atoms with Crippen molar-refractivity contribution in [2.45, 2.75) is 70.9 Å². The van der Waals surface area contributed by atoms with E-state index in [2.05, 4.69) is 30.3 Å². The van der Waals surface area contributed by atoms with Crippen molar-refractivity contribution < 1.29 is 23.4 Å². The highest BCUT2D eigenvalue weighted by atomic mass is 32.1. The maximum atomic E-state index is 15.2. The minimum atomic E-state index is -3.12. The molecule has 8 nitrogen and oxygen atoms in total. The molecule has 3 aliphatic rings. The Kier molecular flexibility index (Phi) is 10.5. The number of fused-ring (bicyclic) bond motifs is 2. The van der Waals surface area contributed by atoms with E-state index in [0.717, 1.165) is 52.7 Å². The third-order valence-electron chi connectivity index (χ3n) is 10.3. The van der Waals surface area contributed by atoms with E-state index in [9.17, 15) is 5.11 Å². The first-order valence-electron chi connectivity index (χ1n) is 17.8. The molecule has 2 N–H and O–H groups in total. The van der Waals surface area contributed by atoms with E-state index in [1.807, 2.05) is 24.8 Å². The number of thiophene rings is 1. The summed E-state index contributed by atoms with van der Waals surface area (Å²) in [5.74, 6) is -1.34. The molecule has 3 aromatic rings. The Hall–Kier alpha value is -3.64. The molecule has 51 heavy (non-hydrogen) atoms. The fourth-order valence-electron chi connectivity index (χ4n) is 8.24. The topological polar surface area (TPSA) is 82.5 Å². The minimum Gasteiger partial charge on any atom is -0.479 e. The van der Waals surface area contributed by atoms with Crippen LogP contribution in [0.2, 0.25) is 0 Å². The van der Waals surface area contributed by atoms with Crippen LogP contribution in [0.3, 0.4) is 0 Å². The van der Waals surface area contributed by atoms with Gasteiger partial charge in [-0.25, -0.2) is 8.78 Å². The molecule has 1 aromatic carbocycles. The molecule has 6 rings (SSSR count). The molecule has 0 radical (unpaired) electrons. The van der Waals surface area contributed by atoms with Gasteiger partial charge in [0.1, 0.15) is 18.0 Å². The van der Waals surface area contributed by atoms with Crippen molar-refractivity contribution in [3.8, 4) is 11.3 Å². The number of hydrogen-bond donors (Lipinski definition) is 2. The summed E-state index contributed by atoms with van der Waals surface area (Å²) in [5, 5.41) is 17.1. The molecule has 3 fully saturated rings. The number of aromatic nitrogens is 1. The first kappa shape index (κ1) is 37.1. The average Bonchev–Trinajstić information content (AvgIpc) is 3.65. The normalized spacial score (nSPS) is 25.9. The molecule has 5 heterocycles. The molecule has 0 aliphatic carbocycles. The van der Waals surface area contributed by atoms with Crippen molar-refractivity contribution >= 4 is 58.6 Å². The van der Waals surface area contributed by atoms with Crippen LogP contribution in [0.1, 0.15) is 65.0 Å². The summed E-state index contributed by atoms with van der Waals surface area (Å²) in [6.45, 7) is 21.5. The highest BCUT2D eigenvalue weighted by molar-refractivity contribution is 7.17. The lowest BCUT2D eigenvalue weighted by molar-refractivity contribution is -0.0186. The van der Waals surface area contributed by atoms with Gasteiger partial charge >= 0.3 is 0 Å². The zero-order chi connectivity index (χ0) is 36.7. The van der Waals surface area contributed by atoms with Gasteiger partial charge in [-0.05, 0) is 68.5 Å². The summed E-state index contributed by atoms with van der Waals surface area (Å²) < 4.78 is 44.3. The zero-order valence-corrected chi connectivity index (χ0v) is 31.6. The van der Waals surface area contributed by atoms with E-state index in [4.69, 9.17) is 19.5 Å². The van der Waals surface area contributed by atoms with Crippen LogP contribution in [0.15, 0.2) is 29.4 Å². The predicted molar refractivity (Wildman–Crippen MR) is 205 cm³/mol. The van der Waals surface area contributed by atoms with Crippen molar-refractivity contribution in [1.29, 1.82) is 0 Å². The average molecular weight is 720 g/mol. The smallest absolute Gasteiger partial charge is 0.271 e. The molecule has 11 heteroatoms. The Morgan fingerprint density at radius 3 is 2.84 bits per heavy atom. The maximum Gasteiger partial charge on any atom is 0.271 e. The van der Waals surface area contributed by atoms with Gasteiger partial charge in [0.2, 0.25) is 0 Å². The summed E-state index contributed by atoms with van der Waals surface area (Å²) in [4.78, 5) is 14.6. The van der Waals surface area contributed by atoms with E-state index < -0.39 is 11.5 Å². The number of nitrogens with zero attached hydrogens (tertiary/aromatic N) is 4. The number of ether oxygens (including phenoxy) is 2. The van der Waals surface area contributed by atoms with Crippen LogP contribution in [0.25, 0.3) is 52.6 Å². The molecule has 3 atom stereocenters. The first-order chi connectivity index (χ1) is 24.2. The summed E-state index contributed by atoms with van der Waals surface area (Å²) in [5.41, 5.74) is 0.294. The number of β-amino-alcohol motifs (C(OH)–C–C–N with tert-alkyl or cyclic N) is 1. The number of benzene rings is 1. The number of halogens is 2. The standard InChI is InChI=1S/C40H51F2N5O3S/c1-9-11-29-32(39(7,41)42)18-26(3)31(20-43-8)34(29)35-36-30(12-14-44-35)33(27(4)51-36)37(46-16-17-49-23-38(6,48)22-46)45-28(5)50-24-40-13-10-15-47(40)21-25(2)19-40/h9,11-12,14,18,20,25,43,48H,3-4,10,13,15-17,19,21-24H2,1-2,5-8H3/b11-9-,31-20+,37-33-,45-28+/t25-,38+,40+/m1/s1. The van der Waals surface area contributed by atoms with E-state index >= 15 is 8.78 Å². The van der Waals surface area contributed by atoms with E-state index in [1.165, 1.54) is 23.8 Å². The second kappa shape index (κ2) is 14.4. The molecule has 274 valence electrons. The van der Waals surface area contributed by atoms with Crippen LogP contribution in [-0.4, -0.2) is 90.0 Å². The molecular formula is C40H51F2N5O3S. The maximum absolute atomic E-state index is 15.2. The van der Waals surface area contributed by atoms with Gasteiger partial charge in [0.25, 0.3) is 5.92 Å². The first-order valence-corrected chi connectivity index (χ1v) is 18.6. The van der Waals surface area contributed by atoms with Crippen LogP contribution >= 0.6 is 11.3 Å². The second-order valence-corrected chi connectivity index (χ2v) is 15.9. The van der Waals surface area contributed by atoms with Gasteiger partial charge < -0.3 is 24.8 Å². The largest absolute Gasteiger partial charge is 0.479 e. The van der Waals surface area contributed by atoms with Crippen LogP contribution in [0.4, 0.5) is 8.78 Å². The lowest BCUT2D eigenvalue weighted by Gasteiger charge is -2.32. The van der Waals surface area contributed by atoms with E-state index in [1.54, 1.807) is 38.5 Å². The Bertz CT molecular complexity index is 2090. The Labute approximate surface area is 303 Å². The zero-order valence-electron chi connectivity index (χ0n) is 30.7. The number of aliphatic imine (C=N–C) groups is 1. The highest BCUT2D eigenvalue weighted by Crippen LogP contribution is 2.42. The third-order valence-corrected chi connectivity index (χ3v) is 11.4. The van der Waals surface area contributed by atoms with Crippen LogP contribution in [0, 0.1) is 5.92 Å². The lowest BCUT2D eigenvalue weighted by Crippen LogP contribution is -2.43. The molecule has 2 aromatic heterocycles. The minimum absolute atomic E-state index is 0.0349. The number of pyridine rings is 1. The van der Waals surface area contributed by atoms with Gasteiger partial charge in [0.15, 0.2) is 5.90 Å². The van der Waals surface area contributed by atoms with Crippen LogP contribution < -0.4 is 25.5 Å². The second-order valence-electron chi connectivity index (χ2n) is 14.8. The number of alkyl halides is 2. The molecule has 0 bridgehead atoms. The quantitative estimate of drug-likeness (QED) is 0.265. The molecular weight excluding hydrogens is 669 g/mol. The van der Waals surface area contributed by atoms with Crippen molar-refractivity contribution in [3.63, 3.8) is 0 Å². The number of rotatable bonds is 8. The van der Waals surface area contributed by atoms with Gasteiger partial charge in [-0.1, -0.05) is 32.2 Å². The Morgan fingerprint density at radius 2 is 2.12 bits per heavy atom. The summed E-state index contributed by atoms with van der Waals surface area (Å²) in [7, 11) is 1.77. The van der Waals surface area contributed by atoms with E-state index in [-0.39, 0.29) is 24.3 Å². The van der Waals surface area contributed by atoms with Crippen molar-refractivity contribution in [3.05, 3.63) is 55.7 Å². The van der Waals surface area contributed by atoms with Gasteiger partial charge in [-0.3, -0.25) is 9.88 Å². The molecule has 3 saturated heterocycles. The van der Waals surface area contributed by atoms with Crippen molar-refractivity contribution in [2.24, 2.45) is 10.9 Å².